The third kappa shape index (κ3) is 4.22. The van der Waals surface area contributed by atoms with Gasteiger partial charge in [0.2, 0.25) is 0 Å². The number of nitriles is 1. The second-order valence-electron chi connectivity index (χ2n) is 6.75. The summed E-state index contributed by atoms with van der Waals surface area (Å²) in [7, 11) is 0. The van der Waals surface area contributed by atoms with Crippen molar-refractivity contribution in [2.45, 2.75) is 33.9 Å². The van der Waals surface area contributed by atoms with E-state index in [4.69, 9.17) is 4.98 Å². The van der Waals surface area contributed by atoms with Crippen LogP contribution in [-0.4, -0.2) is 45.9 Å². The zero-order valence-electron chi connectivity index (χ0n) is 15.3. The van der Waals surface area contributed by atoms with Crippen LogP contribution in [0.25, 0.3) is 0 Å². The molecule has 0 saturated carbocycles. The van der Waals surface area contributed by atoms with Gasteiger partial charge in [0.25, 0.3) is 0 Å². The Morgan fingerprint density at radius 3 is 2.16 bits per heavy atom. The lowest BCUT2D eigenvalue weighted by Crippen LogP contribution is -2.45. The van der Waals surface area contributed by atoms with Gasteiger partial charge in [0, 0.05) is 39.3 Å². The zero-order chi connectivity index (χ0) is 17.8. The van der Waals surface area contributed by atoms with Gasteiger partial charge in [0.1, 0.15) is 0 Å². The Balaban J connectivity index is 1.57. The van der Waals surface area contributed by atoms with Crippen LogP contribution >= 0.6 is 0 Å². The topological polar surface area (TPSA) is 56.1 Å². The molecule has 0 aliphatic carbocycles. The third-order valence-electron chi connectivity index (χ3n) is 4.95. The van der Waals surface area contributed by atoms with Crippen LogP contribution in [0.4, 0.5) is 0 Å². The maximum absolute atomic E-state index is 9.23. The SMILES string of the molecule is Cc1nc(C)c(CN2CCN(Cc3ccccc3C#N)CC2)nc1C. The van der Waals surface area contributed by atoms with E-state index in [1.54, 1.807) is 0 Å². The molecule has 25 heavy (non-hydrogen) atoms. The first kappa shape index (κ1) is 17.5. The third-order valence-corrected chi connectivity index (χ3v) is 4.95. The first-order valence-electron chi connectivity index (χ1n) is 8.80. The van der Waals surface area contributed by atoms with Crippen molar-refractivity contribution in [1.82, 2.24) is 19.8 Å². The van der Waals surface area contributed by atoms with Gasteiger partial charge in [-0.1, -0.05) is 18.2 Å². The highest BCUT2D eigenvalue weighted by Crippen LogP contribution is 2.15. The summed E-state index contributed by atoms with van der Waals surface area (Å²) >= 11 is 0. The predicted molar refractivity (Wildman–Crippen MR) is 98.0 cm³/mol. The van der Waals surface area contributed by atoms with Crippen LogP contribution in [0.3, 0.4) is 0 Å². The van der Waals surface area contributed by atoms with Gasteiger partial charge >= 0.3 is 0 Å². The first-order valence-corrected chi connectivity index (χ1v) is 8.80. The number of nitrogens with zero attached hydrogens (tertiary/aromatic N) is 5. The highest BCUT2D eigenvalue weighted by atomic mass is 15.3. The van der Waals surface area contributed by atoms with Crippen LogP contribution in [0.5, 0.6) is 0 Å². The lowest BCUT2D eigenvalue weighted by molar-refractivity contribution is 0.120. The number of rotatable bonds is 4. The highest BCUT2D eigenvalue weighted by Gasteiger charge is 2.19. The fraction of sp³-hybridized carbons (Fsp3) is 0.450. The van der Waals surface area contributed by atoms with Crippen molar-refractivity contribution in [1.29, 1.82) is 5.26 Å². The van der Waals surface area contributed by atoms with E-state index in [-0.39, 0.29) is 0 Å². The van der Waals surface area contributed by atoms with Crippen LogP contribution in [0.1, 0.15) is 33.9 Å². The summed E-state index contributed by atoms with van der Waals surface area (Å²) in [6.07, 6.45) is 0. The van der Waals surface area contributed by atoms with Crippen LogP contribution in [0, 0.1) is 32.1 Å². The smallest absolute Gasteiger partial charge is 0.0995 e. The number of aromatic nitrogens is 2. The normalized spacial score (nSPS) is 15.9. The molecule has 1 aliphatic heterocycles. The van der Waals surface area contributed by atoms with Gasteiger partial charge in [-0.2, -0.15) is 5.26 Å². The summed E-state index contributed by atoms with van der Waals surface area (Å²) in [5.74, 6) is 0. The minimum Gasteiger partial charge on any atom is -0.296 e. The molecule has 1 fully saturated rings. The van der Waals surface area contributed by atoms with E-state index in [0.717, 1.165) is 73.2 Å². The Morgan fingerprint density at radius 2 is 1.48 bits per heavy atom. The Bertz CT molecular complexity index is 785. The summed E-state index contributed by atoms with van der Waals surface area (Å²) in [5, 5.41) is 9.23. The molecule has 1 saturated heterocycles. The predicted octanol–water partition coefficient (Wildman–Crippen LogP) is 2.59. The molecule has 0 amide bonds. The van der Waals surface area contributed by atoms with Crippen molar-refractivity contribution in [3.63, 3.8) is 0 Å². The Hall–Kier alpha value is -2.29. The van der Waals surface area contributed by atoms with Gasteiger partial charge < -0.3 is 0 Å². The molecule has 2 heterocycles. The molecule has 3 rings (SSSR count). The van der Waals surface area contributed by atoms with E-state index in [1.807, 2.05) is 39.0 Å². The standard InChI is InChI=1S/C20H25N5/c1-15-16(2)23-20(17(3)22-15)14-25-10-8-24(9-11-25)13-19-7-5-4-6-18(19)12-21/h4-7H,8-11,13-14H2,1-3H3. The van der Waals surface area contributed by atoms with Crippen molar-refractivity contribution in [2.24, 2.45) is 0 Å². The Morgan fingerprint density at radius 1 is 0.880 bits per heavy atom. The second-order valence-corrected chi connectivity index (χ2v) is 6.75. The van der Waals surface area contributed by atoms with E-state index < -0.39 is 0 Å². The molecule has 5 heteroatoms. The molecule has 1 aliphatic rings. The summed E-state index contributed by atoms with van der Waals surface area (Å²) in [6, 6.07) is 10.2. The van der Waals surface area contributed by atoms with Crippen molar-refractivity contribution < 1.29 is 0 Å². The number of benzene rings is 1. The van der Waals surface area contributed by atoms with Gasteiger partial charge in [-0.25, -0.2) is 0 Å². The number of hydrogen-bond donors (Lipinski definition) is 0. The molecule has 2 aromatic rings. The summed E-state index contributed by atoms with van der Waals surface area (Å²) < 4.78 is 0. The van der Waals surface area contributed by atoms with E-state index in [0.29, 0.717) is 0 Å². The van der Waals surface area contributed by atoms with Gasteiger partial charge in [-0.05, 0) is 32.4 Å². The molecule has 0 unspecified atom stereocenters. The van der Waals surface area contributed by atoms with Crippen LogP contribution in [-0.2, 0) is 13.1 Å². The molecule has 0 bridgehead atoms. The average molecular weight is 335 g/mol. The quantitative estimate of drug-likeness (QED) is 0.859. The van der Waals surface area contributed by atoms with E-state index in [2.05, 4.69) is 26.9 Å². The van der Waals surface area contributed by atoms with Gasteiger partial charge in [-0.15, -0.1) is 0 Å². The summed E-state index contributed by atoms with van der Waals surface area (Å²) in [6.45, 7) is 11.8. The van der Waals surface area contributed by atoms with Gasteiger partial charge in [0.05, 0.1) is 34.4 Å². The number of piperazine rings is 1. The monoisotopic (exact) mass is 335 g/mol. The highest BCUT2D eigenvalue weighted by molar-refractivity contribution is 5.37. The first-order chi connectivity index (χ1) is 12.1. The lowest BCUT2D eigenvalue weighted by Gasteiger charge is -2.34. The molecule has 1 aromatic carbocycles. The van der Waals surface area contributed by atoms with Crippen LogP contribution in [0.2, 0.25) is 0 Å². The maximum Gasteiger partial charge on any atom is 0.0995 e. The zero-order valence-corrected chi connectivity index (χ0v) is 15.3. The largest absolute Gasteiger partial charge is 0.296 e. The minimum absolute atomic E-state index is 0.783. The molecule has 0 atom stereocenters. The van der Waals surface area contributed by atoms with Crippen molar-refractivity contribution in [2.75, 3.05) is 26.2 Å². The van der Waals surface area contributed by atoms with Crippen molar-refractivity contribution in [3.8, 4) is 6.07 Å². The Labute approximate surface area is 149 Å². The average Bonchev–Trinajstić information content (AvgIpc) is 2.62. The van der Waals surface area contributed by atoms with E-state index >= 15 is 0 Å². The summed E-state index contributed by atoms with van der Waals surface area (Å²) in [4.78, 5) is 14.2. The van der Waals surface area contributed by atoms with Gasteiger partial charge in [0.15, 0.2) is 0 Å². The molecule has 0 radical (unpaired) electrons. The molecule has 0 N–H and O–H groups in total. The van der Waals surface area contributed by atoms with Crippen LogP contribution < -0.4 is 0 Å². The second kappa shape index (κ2) is 7.73. The fourth-order valence-electron chi connectivity index (χ4n) is 3.24. The maximum atomic E-state index is 9.23. The van der Waals surface area contributed by atoms with Crippen LogP contribution in [0.15, 0.2) is 24.3 Å². The molecular formula is C20H25N5. The van der Waals surface area contributed by atoms with Crippen molar-refractivity contribution in [3.05, 3.63) is 58.2 Å². The minimum atomic E-state index is 0.783. The molecular weight excluding hydrogens is 310 g/mol. The fourth-order valence-corrected chi connectivity index (χ4v) is 3.24. The lowest BCUT2D eigenvalue weighted by atomic mass is 10.1. The van der Waals surface area contributed by atoms with E-state index in [1.165, 1.54) is 0 Å². The molecule has 1 aromatic heterocycles. The van der Waals surface area contributed by atoms with Gasteiger partial charge in [-0.3, -0.25) is 19.8 Å². The van der Waals surface area contributed by atoms with Crippen molar-refractivity contribution >= 4 is 0 Å². The molecule has 5 nitrogen and oxygen atoms in total. The number of hydrogen-bond acceptors (Lipinski definition) is 5. The molecule has 130 valence electrons. The summed E-state index contributed by atoms with van der Waals surface area (Å²) in [5.41, 5.74) is 6.06. The Kier molecular flexibility index (Phi) is 5.42. The number of aryl methyl sites for hydroxylation is 3. The van der Waals surface area contributed by atoms with E-state index in [9.17, 15) is 5.26 Å². The molecule has 0 spiro atoms.